The number of rotatable bonds is 3. The Kier molecular flexibility index (Phi) is 5.46. The first kappa shape index (κ1) is 20.7. The van der Waals surface area contributed by atoms with Crippen LogP contribution in [-0.2, 0) is 25.0 Å². The van der Waals surface area contributed by atoms with Crippen LogP contribution in [0.1, 0.15) is 16.8 Å². The number of halogens is 4. The summed E-state index contributed by atoms with van der Waals surface area (Å²) in [5, 5.41) is 10.2. The van der Waals surface area contributed by atoms with Gasteiger partial charge in [-0.1, -0.05) is 33.5 Å². The fraction of sp³-hybridized carbons (Fsp3) is 0.176. The molecule has 0 aliphatic carbocycles. The summed E-state index contributed by atoms with van der Waals surface area (Å²) in [6.45, 7) is 0. The van der Waals surface area contributed by atoms with Crippen LogP contribution in [0.2, 0.25) is 10.0 Å². The Labute approximate surface area is 169 Å². The van der Waals surface area contributed by atoms with Crippen LogP contribution < -0.4 is 4.90 Å². The van der Waals surface area contributed by atoms with Crippen LogP contribution in [0.5, 0.6) is 0 Å². The van der Waals surface area contributed by atoms with Gasteiger partial charge in [0.05, 0.1) is 21.3 Å². The van der Waals surface area contributed by atoms with Crippen molar-refractivity contribution in [1.82, 2.24) is 4.98 Å². The lowest BCUT2D eigenvalue weighted by Gasteiger charge is -2.23. The smallest absolute Gasteiger partial charge is 0.316 e. The summed E-state index contributed by atoms with van der Waals surface area (Å²) in [6.07, 6.45) is -1.90. The number of pyridine rings is 1. The number of nitrogens with zero attached hydrogens (tertiary/aromatic N) is 2. The number of hydrogen-bond donors (Lipinski definition) is 2. The molecule has 1 atom stereocenters. The number of carbonyl (C=O) groups is 1. The number of aliphatic hydroxyl groups excluding tert-OH is 1. The van der Waals surface area contributed by atoms with Crippen molar-refractivity contribution < 1.29 is 27.4 Å². The Bertz CT molecular complexity index is 1060. The summed E-state index contributed by atoms with van der Waals surface area (Å²) in [7, 11) is -2.74. The molecule has 1 aromatic heterocycles. The molecule has 0 spiro atoms. The van der Waals surface area contributed by atoms with E-state index in [-0.39, 0.29) is 32.7 Å². The Morgan fingerprint density at radius 2 is 2.00 bits per heavy atom. The first-order valence-corrected chi connectivity index (χ1v) is 10.2. The van der Waals surface area contributed by atoms with Gasteiger partial charge < -0.3 is 10.0 Å². The van der Waals surface area contributed by atoms with Gasteiger partial charge in [0.25, 0.3) is 16.1 Å². The zero-order chi connectivity index (χ0) is 20.8. The molecule has 28 heavy (non-hydrogen) atoms. The third-order valence-electron chi connectivity index (χ3n) is 4.16. The minimum atomic E-state index is -3.79. The average molecular weight is 450 g/mol. The van der Waals surface area contributed by atoms with E-state index in [0.717, 1.165) is 7.05 Å². The molecular formula is C17H13Cl2F2N2O4S+. The zero-order valence-electron chi connectivity index (χ0n) is 14.2. The van der Waals surface area contributed by atoms with Gasteiger partial charge in [0.15, 0.2) is 5.75 Å². The van der Waals surface area contributed by atoms with Crippen LogP contribution in [0.25, 0.3) is 10.7 Å². The summed E-state index contributed by atoms with van der Waals surface area (Å²) in [5.41, 5.74) is 0.0893. The summed E-state index contributed by atoms with van der Waals surface area (Å²) >= 11 is 12.3. The van der Waals surface area contributed by atoms with Crippen molar-refractivity contribution in [2.75, 3.05) is 11.9 Å². The van der Waals surface area contributed by atoms with Gasteiger partial charge in [0, 0.05) is 18.8 Å². The van der Waals surface area contributed by atoms with Crippen LogP contribution in [0.15, 0.2) is 30.5 Å². The number of hydrogen-bond acceptors (Lipinski definition) is 4. The van der Waals surface area contributed by atoms with Crippen molar-refractivity contribution in [2.24, 2.45) is 0 Å². The third kappa shape index (κ3) is 3.39. The molecule has 1 unspecified atom stereocenters. The normalized spacial score (nSPS) is 19.0. The van der Waals surface area contributed by atoms with Crippen molar-refractivity contribution in [1.29, 1.82) is 0 Å². The molecule has 148 valence electrons. The Balaban J connectivity index is 2.26. The molecule has 0 bridgehead atoms. The van der Waals surface area contributed by atoms with Crippen LogP contribution in [0, 0.1) is 0 Å². The summed E-state index contributed by atoms with van der Waals surface area (Å²) in [5.74, 6) is -2.44. The lowest BCUT2D eigenvalue weighted by molar-refractivity contribution is -0.128. The highest BCUT2D eigenvalue weighted by Crippen LogP contribution is 2.46. The number of aromatic nitrogens is 1. The number of alkyl halides is 2. The molecule has 0 saturated carbocycles. The van der Waals surface area contributed by atoms with Crippen LogP contribution in [-0.4, -0.2) is 34.0 Å². The monoisotopic (exact) mass is 449 g/mol. The van der Waals surface area contributed by atoms with E-state index in [2.05, 4.69) is 4.98 Å². The summed E-state index contributed by atoms with van der Waals surface area (Å²) in [4.78, 5) is 15.8. The summed E-state index contributed by atoms with van der Waals surface area (Å²) < 4.78 is 49.0. The number of amides is 1. The number of anilines is 1. The first-order chi connectivity index (χ1) is 13.1. The van der Waals surface area contributed by atoms with E-state index >= 15 is 0 Å². The molecule has 2 heterocycles. The molecule has 1 aromatic carbocycles. The van der Waals surface area contributed by atoms with E-state index in [4.69, 9.17) is 23.2 Å². The largest absolute Gasteiger partial charge is 0.502 e. The maximum absolute atomic E-state index is 12.9. The number of aliphatic hydroxyl groups is 1. The highest BCUT2D eigenvalue weighted by molar-refractivity contribution is 8.06. The quantitative estimate of drug-likeness (QED) is 0.673. The predicted octanol–water partition coefficient (Wildman–Crippen LogP) is 4.49. The van der Waals surface area contributed by atoms with Crippen molar-refractivity contribution >= 4 is 55.7 Å². The molecule has 11 heteroatoms. The van der Waals surface area contributed by atoms with Gasteiger partial charge in [0.1, 0.15) is 5.69 Å². The lowest BCUT2D eigenvalue weighted by Crippen LogP contribution is -2.32. The van der Waals surface area contributed by atoms with E-state index < -0.39 is 33.2 Å². The number of carbonyl (C=O) groups excluding carboxylic acids is 1. The second-order valence-electron chi connectivity index (χ2n) is 5.93. The zero-order valence-corrected chi connectivity index (χ0v) is 16.5. The highest BCUT2D eigenvalue weighted by atomic mass is 35.5. The van der Waals surface area contributed by atoms with Gasteiger partial charge >= 0.3 is 6.43 Å². The Morgan fingerprint density at radius 1 is 1.32 bits per heavy atom. The minimum absolute atomic E-state index is 0.107. The molecule has 2 N–H and O–H groups in total. The van der Waals surface area contributed by atoms with Crippen LogP contribution in [0.3, 0.4) is 0 Å². The van der Waals surface area contributed by atoms with E-state index in [1.807, 2.05) is 0 Å². The van der Waals surface area contributed by atoms with Gasteiger partial charge in [-0.3, -0.25) is 9.78 Å². The second-order valence-corrected chi connectivity index (χ2v) is 8.69. The van der Waals surface area contributed by atoms with E-state index in [1.165, 1.54) is 18.3 Å². The van der Waals surface area contributed by atoms with Gasteiger partial charge in [0.2, 0.25) is 10.7 Å². The molecule has 1 aliphatic heterocycles. The van der Waals surface area contributed by atoms with Crippen molar-refractivity contribution in [3.05, 3.63) is 57.3 Å². The SMILES string of the molecule is CN(C(=O)C(F)F)c1c(Cl)ccc(C2=C(O)c3ncccc3C[S+]2(=O)O)c1Cl. The van der Waals surface area contributed by atoms with Gasteiger partial charge in [-0.2, -0.15) is 13.3 Å². The topological polar surface area (TPSA) is 90.7 Å². The van der Waals surface area contributed by atoms with Crippen LogP contribution >= 0.6 is 23.2 Å². The van der Waals surface area contributed by atoms with Gasteiger partial charge in [-0.25, -0.2) is 0 Å². The predicted molar refractivity (Wildman–Crippen MR) is 104 cm³/mol. The maximum Gasteiger partial charge on any atom is 0.316 e. The molecule has 0 saturated heterocycles. The molecule has 1 amide bonds. The second kappa shape index (κ2) is 7.40. The van der Waals surface area contributed by atoms with Gasteiger partial charge in [-0.15, -0.1) is 0 Å². The van der Waals surface area contributed by atoms with Crippen molar-refractivity contribution in [3.8, 4) is 0 Å². The first-order valence-electron chi connectivity index (χ1n) is 7.72. The minimum Gasteiger partial charge on any atom is -0.502 e. The number of fused-ring (bicyclic) bond motifs is 1. The fourth-order valence-electron chi connectivity index (χ4n) is 2.89. The molecule has 0 radical (unpaired) electrons. The third-order valence-corrected chi connectivity index (χ3v) is 6.61. The van der Waals surface area contributed by atoms with E-state index in [9.17, 15) is 27.4 Å². The van der Waals surface area contributed by atoms with E-state index in [0.29, 0.717) is 10.5 Å². The van der Waals surface area contributed by atoms with Crippen molar-refractivity contribution in [3.63, 3.8) is 0 Å². The average Bonchev–Trinajstić information content (AvgIpc) is 2.62. The molecule has 1 aliphatic rings. The number of benzene rings is 1. The molecule has 2 aromatic rings. The highest BCUT2D eigenvalue weighted by Gasteiger charge is 2.45. The van der Waals surface area contributed by atoms with Crippen molar-refractivity contribution in [2.45, 2.75) is 12.2 Å². The fourth-order valence-corrected chi connectivity index (χ4v) is 5.38. The maximum atomic E-state index is 12.9. The molecule has 3 rings (SSSR count). The lowest BCUT2D eigenvalue weighted by atomic mass is 10.1. The molecule has 0 fully saturated rings. The van der Waals surface area contributed by atoms with Crippen LogP contribution in [0.4, 0.5) is 14.5 Å². The van der Waals surface area contributed by atoms with Gasteiger partial charge in [-0.05, 0) is 18.2 Å². The molecular weight excluding hydrogens is 437 g/mol. The Morgan fingerprint density at radius 3 is 2.64 bits per heavy atom. The summed E-state index contributed by atoms with van der Waals surface area (Å²) in [6, 6.07) is 5.61. The standard InChI is InChI=1S/C17H12Cl2F2N2O4S/c1-23(17(25)16(20)21)13-10(18)5-4-9(11(13)19)15-14(24)12-8(3-2-6-22-12)7-28(15,26)27/h2-6,16H,7H2,1H3,(H-,24,26,27)/p+1. The molecule has 6 nitrogen and oxygen atoms in total. The van der Waals surface area contributed by atoms with E-state index in [1.54, 1.807) is 12.1 Å². The Hall–Kier alpha value is -2.07.